The number of sulfonamides is 1. The molecule has 1 saturated heterocycles. The van der Waals surface area contributed by atoms with Crippen molar-refractivity contribution < 1.29 is 13.2 Å². The van der Waals surface area contributed by atoms with Crippen molar-refractivity contribution in [3.63, 3.8) is 0 Å². The minimum atomic E-state index is -3.50. The molecule has 1 aromatic rings. The van der Waals surface area contributed by atoms with Crippen molar-refractivity contribution in [1.29, 1.82) is 0 Å². The fourth-order valence-corrected chi connectivity index (χ4v) is 4.59. The lowest BCUT2D eigenvalue weighted by molar-refractivity contribution is 0.227. The van der Waals surface area contributed by atoms with Crippen LogP contribution in [0, 0.1) is 0 Å². The van der Waals surface area contributed by atoms with Crippen LogP contribution >= 0.6 is 12.4 Å². The van der Waals surface area contributed by atoms with Crippen molar-refractivity contribution in [2.45, 2.75) is 56.5 Å². The van der Waals surface area contributed by atoms with Crippen LogP contribution in [0.3, 0.4) is 0 Å². The smallest absolute Gasteiger partial charge is 0.243 e. The summed E-state index contributed by atoms with van der Waals surface area (Å²) in [5.74, 6) is 0.697. The lowest BCUT2D eigenvalue weighted by Crippen LogP contribution is -2.51. The first-order chi connectivity index (χ1) is 10.5. The molecule has 1 aliphatic heterocycles. The predicted molar refractivity (Wildman–Crippen MR) is 94.7 cm³/mol. The molecule has 0 spiro atoms. The maximum Gasteiger partial charge on any atom is 0.243 e. The van der Waals surface area contributed by atoms with Gasteiger partial charge in [0.25, 0.3) is 0 Å². The van der Waals surface area contributed by atoms with Gasteiger partial charge in [0.05, 0.1) is 11.5 Å². The molecule has 2 atom stereocenters. The Labute approximate surface area is 145 Å². The average molecular weight is 363 g/mol. The Hall–Kier alpha value is -0.820. The van der Waals surface area contributed by atoms with Gasteiger partial charge in [-0.25, -0.2) is 8.42 Å². The molecule has 1 heterocycles. The summed E-state index contributed by atoms with van der Waals surface area (Å²) >= 11 is 0. The van der Waals surface area contributed by atoms with Crippen LogP contribution in [-0.4, -0.2) is 38.0 Å². The second-order valence-electron chi connectivity index (χ2n) is 5.86. The number of hydrogen-bond acceptors (Lipinski definition) is 4. The molecule has 7 heteroatoms. The van der Waals surface area contributed by atoms with Crippen LogP contribution in [0.25, 0.3) is 0 Å². The van der Waals surface area contributed by atoms with Gasteiger partial charge in [0.1, 0.15) is 5.75 Å². The molecule has 1 aliphatic rings. The molecule has 2 N–H and O–H groups in total. The van der Waals surface area contributed by atoms with Gasteiger partial charge in [-0.3, -0.25) is 0 Å². The molecule has 5 nitrogen and oxygen atoms in total. The number of nitrogens with zero attached hydrogens (tertiary/aromatic N) is 1. The van der Waals surface area contributed by atoms with Gasteiger partial charge in [-0.2, -0.15) is 4.31 Å². The van der Waals surface area contributed by atoms with Gasteiger partial charge in [0, 0.05) is 18.6 Å². The van der Waals surface area contributed by atoms with Gasteiger partial charge in [0.15, 0.2) is 0 Å². The first kappa shape index (κ1) is 20.2. The van der Waals surface area contributed by atoms with E-state index < -0.39 is 10.0 Å². The molecule has 0 amide bonds. The summed E-state index contributed by atoms with van der Waals surface area (Å²) in [5, 5.41) is 0. The summed E-state index contributed by atoms with van der Waals surface area (Å²) in [5.41, 5.74) is 5.99. The second-order valence-corrected chi connectivity index (χ2v) is 7.75. The number of piperidine rings is 1. The van der Waals surface area contributed by atoms with Crippen LogP contribution in [0.1, 0.15) is 39.5 Å². The van der Waals surface area contributed by atoms with E-state index in [0.29, 0.717) is 23.8 Å². The molecule has 2 unspecified atom stereocenters. The maximum absolute atomic E-state index is 12.9. The van der Waals surface area contributed by atoms with Gasteiger partial charge in [-0.1, -0.05) is 13.3 Å². The van der Waals surface area contributed by atoms with Crippen LogP contribution in [-0.2, 0) is 10.0 Å². The first-order valence-corrected chi connectivity index (χ1v) is 9.41. The SMILES string of the molecule is CCCOc1ccc(S(=O)(=O)N2CCCCC2C(C)N)cc1.Cl. The Balaban J connectivity index is 0.00000264. The summed E-state index contributed by atoms with van der Waals surface area (Å²) in [6.45, 7) is 5.08. The summed E-state index contributed by atoms with van der Waals surface area (Å²) in [7, 11) is -3.50. The molecule has 0 bridgehead atoms. The Morgan fingerprint density at radius 3 is 2.52 bits per heavy atom. The van der Waals surface area contributed by atoms with E-state index in [-0.39, 0.29) is 24.5 Å². The number of benzene rings is 1. The lowest BCUT2D eigenvalue weighted by Gasteiger charge is -2.36. The Morgan fingerprint density at radius 2 is 1.96 bits per heavy atom. The number of halogens is 1. The molecule has 0 aromatic heterocycles. The second kappa shape index (κ2) is 8.87. The molecular formula is C16H27ClN2O3S. The fraction of sp³-hybridized carbons (Fsp3) is 0.625. The van der Waals surface area contributed by atoms with E-state index >= 15 is 0 Å². The molecular weight excluding hydrogens is 336 g/mol. The fourth-order valence-electron chi connectivity index (χ4n) is 2.82. The van der Waals surface area contributed by atoms with Crippen LogP contribution in [0.5, 0.6) is 5.75 Å². The molecule has 23 heavy (non-hydrogen) atoms. The average Bonchev–Trinajstić information content (AvgIpc) is 2.53. The van der Waals surface area contributed by atoms with Crippen molar-refractivity contribution >= 4 is 22.4 Å². The zero-order chi connectivity index (χ0) is 16.2. The highest BCUT2D eigenvalue weighted by Crippen LogP contribution is 2.27. The zero-order valence-corrected chi connectivity index (χ0v) is 15.4. The molecule has 0 radical (unpaired) electrons. The van der Waals surface area contributed by atoms with E-state index in [1.54, 1.807) is 28.6 Å². The summed E-state index contributed by atoms with van der Waals surface area (Å²) < 4.78 is 32.8. The van der Waals surface area contributed by atoms with Gasteiger partial charge < -0.3 is 10.5 Å². The van der Waals surface area contributed by atoms with Crippen molar-refractivity contribution in [3.8, 4) is 5.75 Å². The summed E-state index contributed by atoms with van der Waals surface area (Å²) in [6.07, 6.45) is 3.67. The number of hydrogen-bond donors (Lipinski definition) is 1. The van der Waals surface area contributed by atoms with E-state index in [9.17, 15) is 8.42 Å². The van der Waals surface area contributed by atoms with E-state index in [0.717, 1.165) is 25.7 Å². The van der Waals surface area contributed by atoms with Crippen LogP contribution in [0.2, 0.25) is 0 Å². The van der Waals surface area contributed by atoms with Gasteiger partial charge >= 0.3 is 0 Å². The minimum Gasteiger partial charge on any atom is -0.494 e. The van der Waals surface area contributed by atoms with E-state index in [2.05, 4.69) is 0 Å². The highest BCUT2D eigenvalue weighted by molar-refractivity contribution is 7.89. The third kappa shape index (κ3) is 4.83. The molecule has 1 fully saturated rings. The van der Waals surface area contributed by atoms with Crippen LogP contribution in [0.15, 0.2) is 29.2 Å². The van der Waals surface area contributed by atoms with Crippen LogP contribution < -0.4 is 10.5 Å². The maximum atomic E-state index is 12.9. The first-order valence-electron chi connectivity index (χ1n) is 7.97. The van der Waals surface area contributed by atoms with Crippen molar-refractivity contribution in [2.75, 3.05) is 13.2 Å². The standard InChI is InChI=1S/C16H26N2O3S.ClH/c1-3-12-21-14-7-9-15(10-8-14)22(19,20)18-11-5-4-6-16(18)13(2)17;/h7-10,13,16H,3-6,11-12,17H2,1-2H3;1H. The molecule has 132 valence electrons. The largest absolute Gasteiger partial charge is 0.494 e. The molecule has 0 aliphatic carbocycles. The normalized spacial score (nSPS) is 20.6. The quantitative estimate of drug-likeness (QED) is 0.844. The third-order valence-electron chi connectivity index (χ3n) is 4.01. The molecule has 1 aromatic carbocycles. The van der Waals surface area contributed by atoms with Crippen molar-refractivity contribution in [1.82, 2.24) is 4.31 Å². The Bertz CT molecular complexity index is 575. The van der Waals surface area contributed by atoms with Gasteiger partial charge in [-0.15, -0.1) is 12.4 Å². The van der Waals surface area contributed by atoms with Crippen molar-refractivity contribution in [2.24, 2.45) is 5.73 Å². The Kier molecular flexibility index (Phi) is 7.80. The topological polar surface area (TPSA) is 72.6 Å². The highest BCUT2D eigenvalue weighted by Gasteiger charge is 2.35. The number of rotatable bonds is 6. The van der Waals surface area contributed by atoms with Gasteiger partial charge in [-0.05, 0) is 50.5 Å². The van der Waals surface area contributed by atoms with E-state index in [1.165, 1.54) is 0 Å². The van der Waals surface area contributed by atoms with Crippen molar-refractivity contribution in [3.05, 3.63) is 24.3 Å². The van der Waals surface area contributed by atoms with E-state index in [4.69, 9.17) is 10.5 Å². The lowest BCUT2D eigenvalue weighted by atomic mass is 10.00. The molecule has 2 rings (SSSR count). The Morgan fingerprint density at radius 1 is 1.30 bits per heavy atom. The summed E-state index contributed by atoms with van der Waals surface area (Å²) in [4.78, 5) is 0.309. The monoisotopic (exact) mass is 362 g/mol. The number of ether oxygens (including phenoxy) is 1. The molecule has 0 saturated carbocycles. The summed E-state index contributed by atoms with van der Waals surface area (Å²) in [6, 6.07) is 6.39. The third-order valence-corrected chi connectivity index (χ3v) is 5.95. The van der Waals surface area contributed by atoms with Gasteiger partial charge in [0.2, 0.25) is 10.0 Å². The predicted octanol–water partition coefficient (Wildman–Crippen LogP) is 2.79. The highest BCUT2D eigenvalue weighted by atomic mass is 35.5. The minimum absolute atomic E-state index is 0. The number of nitrogens with two attached hydrogens (primary N) is 1. The van der Waals surface area contributed by atoms with Crippen LogP contribution in [0.4, 0.5) is 0 Å². The van der Waals surface area contributed by atoms with E-state index in [1.807, 2.05) is 13.8 Å². The zero-order valence-electron chi connectivity index (χ0n) is 13.8.